The zero-order chi connectivity index (χ0) is 16.5. The fourth-order valence-electron chi connectivity index (χ4n) is 1.78. The van der Waals surface area contributed by atoms with Gasteiger partial charge in [-0.3, -0.25) is 4.79 Å². The highest BCUT2D eigenvalue weighted by Crippen LogP contribution is 2.29. The molecule has 0 bridgehead atoms. The number of rotatable bonds is 9. The van der Waals surface area contributed by atoms with Gasteiger partial charge in [-0.2, -0.15) is 8.78 Å². The number of nitrogens with one attached hydrogen (secondary N) is 1. The maximum Gasteiger partial charge on any atom is 0.387 e. The Morgan fingerprint density at radius 1 is 1.30 bits per heavy atom. The quantitative estimate of drug-likeness (QED) is 0.699. The van der Waals surface area contributed by atoms with Crippen molar-refractivity contribution < 1.29 is 27.8 Å². The van der Waals surface area contributed by atoms with Crippen molar-refractivity contribution in [2.75, 3.05) is 27.4 Å². The van der Waals surface area contributed by atoms with E-state index in [-0.39, 0.29) is 36.4 Å². The predicted octanol–water partition coefficient (Wildman–Crippen LogP) is 1.35. The van der Waals surface area contributed by atoms with Crippen LogP contribution in [0.1, 0.15) is 5.56 Å². The summed E-state index contributed by atoms with van der Waals surface area (Å²) in [6.45, 7) is -2.49. The van der Waals surface area contributed by atoms with Crippen LogP contribution >= 0.6 is 12.4 Å². The first-order valence-corrected chi connectivity index (χ1v) is 6.62. The van der Waals surface area contributed by atoms with E-state index in [1.165, 1.54) is 26.4 Å². The number of halogens is 3. The molecule has 0 aromatic heterocycles. The third-order valence-corrected chi connectivity index (χ3v) is 2.84. The number of alkyl halides is 2. The number of carbonyl (C=O) groups excluding carboxylic acids is 1. The zero-order valence-corrected chi connectivity index (χ0v) is 13.7. The van der Waals surface area contributed by atoms with Crippen LogP contribution < -0.4 is 20.5 Å². The molecule has 1 amide bonds. The fourth-order valence-corrected chi connectivity index (χ4v) is 1.78. The van der Waals surface area contributed by atoms with E-state index in [9.17, 15) is 13.6 Å². The van der Waals surface area contributed by atoms with Gasteiger partial charge >= 0.3 is 6.61 Å². The van der Waals surface area contributed by atoms with Crippen molar-refractivity contribution in [3.8, 4) is 11.5 Å². The van der Waals surface area contributed by atoms with Crippen molar-refractivity contribution in [1.82, 2.24) is 5.32 Å². The molecule has 0 saturated carbocycles. The van der Waals surface area contributed by atoms with Gasteiger partial charge < -0.3 is 25.3 Å². The van der Waals surface area contributed by atoms with Crippen molar-refractivity contribution in [3.63, 3.8) is 0 Å². The normalized spacial score (nSPS) is 11.6. The van der Waals surface area contributed by atoms with Crippen LogP contribution in [0.5, 0.6) is 11.5 Å². The van der Waals surface area contributed by atoms with E-state index < -0.39 is 12.7 Å². The van der Waals surface area contributed by atoms with E-state index in [0.717, 1.165) is 5.56 Å². The van der Waals surface area contributed by atoms with E-state index in [0.29, 0.717) is 13.0 Å². The summed E-state index contributed by atoms with van der Waals surface area (Å²) in [5.41, 5.74) is 6.29. The number of amides is 1. The minimum Gasteiger partial charge on any atom is -0.493 e. The first-order chi connectivity index (χ1) is 10.5. The molecule has 0 aliphatic rings. The molecular weight excluding hydrogens is 334 g/mol. The molecule has 9 heteroatoms. The Labute approximate surface area is 139 Å². The van der Waals surface area contributed by atoms with E-state index in [4.69, 9.17) is 15.2 Å². The van der Waals surface area contributed by atoms with Gasteiger partial charge in [0.05, 0.1) is 13.7 Å². The van der Waals surface area contributed by atoms with Gasteiger partial charge in [-0.1, -0.05) is 6.07 Å². The van der Waals surface area contributed by atoms with Gasteiger partial charge in [-0.05, 0) is 24.1 Å². The first kappa shape index (κ1) is 21.4. The summed E-state index contributed by atoms with van der Waals surface area (Å²) in [7, 11) is 2.82. The summed E-state index contributed by atoms with van der Waals surface area (Å²) in [4.78, 5) is 11.6. The highest BCUT2D eigenvalue weighted by atomic mass is 35.5. The monoisotopic (exact) mass is 354 g/mol. The molecule has 3 N–H and O–H groups in total. The maximum absolute atomic E-state index is 12.3. The number of hydrogen-bond donors (Lipinski definition) is 2. The van der Waals surface area contributed by atoms with Crippen molar-refractivity contribution >= 4 is 18.3 Å². The predicted molar refractivity (Wildman–Crippen MR) is 83.4 cm³/mol. The highest BCUT2D eigenvalue weighted by Gasteiger charge is 2.13. The van der Waals surface area contributed by atoms with Crippen LogP contribution in [0.15, 0.2) is 18.2 Å². The molecule has 132 valence electrons. The van der Waals surface area contributed by atoms with Crippen molar-refractivity contribution in [3.05, 3.63) is 23.8 Å². The molecule has 0 saturated heterocycles. The average molecular weight is 355 g/mol. The van der Waals surface area contributed by atoms with Gasteiger partial charge in [-0.25, -0.2) is 0 Å². The van der Waals surface area contributed by atoms with Gasteiger partial charge in [0, 0.05) is 13.7 Å². The highest BCUT2D eigenvalue weighted by molar-refractivity contribution is 5.85. The van der Waals surface area contributed by atoms with E-state index >= 15 is 0 Å². The molecule has 0 spiro atoms. The molecule has 0 radical (unpaired) electrons. The van der Waals surface area contributed by atoms with Crippen LogP contribution in [0.25, 0.3) is 0 Å². The number of nitrogens with two attached hydrogens (primary N) is 1. The zero-order valence-electron chi connectivity index (χ0n) is 12.9. The van der Waals surface area contributed by atoms with Crippen LogP contribution in [0, 0.1) is 0 Å². The Balaban J connectivity index is 0.00000484. The second-order valence-corrected chi connectivity index (χ2v) is 4.47. The molecule has 0 aliphatic carbocycles. The molecule has 1 rings (SSSR count). The molecule has 1 aromatic carbocycles. The maximum atomic E-state index is 12.3. The van der Waals surface area contributed by atoms with Crippen LogP contribution in [0.3, 0.4) is 0 Å². The molecule has 1 atom stereocenters. The number of methoxy groups -OCH3 is 2. The van der Waals surface area contributed by atoms with Crippen molar-refractivity contribution in [2.24, 2.45) is 5.73 Å². The third-order valence-electron chi connectivity index (χ3n) is 2.84. The SMILES string of the molecule is COCC(N)C(=O)NCCc1ccc(OC)c(OC(F)F)c1.Cl. The van der Waals surface area contributed by atoms with Crippen LogP contribution in [-0.4, -0.2) is 45.9 Å². The van der Waals surface area contributed by atoms with Crippen LogP contribution in [0.4, 0.5) is 8.78 Å². The molecule has 1 unspecified atom stereocenters. The summed E-state index contributed by atoms with van der Waals surface area (Å²) in [5, 5.41) is 2.64. The minimum absolute atomic E-state index is 0. The second-order valence-electron chi connectivity index (χ2n) is 4.47. The Morgan fingerprint density at radius 2 is 2.00 bits per heavy atom. The lowest BCUT2D eigenvalue weighted by Gasteiger charge is -2.13. The van der Waals surface area contributed by atoms with E-state index in [1.54, 1.807) is 6.07 Å². The lowest BCUT2D eigenvalue weighted by molar-refractivity contribution is -0.123. The Bertz CT molecular complexity index is 492. The summed E-state index contributed by atoms with van der Waals surface area (Å²) in [6, 6.07) is 3.95. The molecule has 0 heterocycles. The molecule has 23 heavy (non-hydrogen) atoms. The molecule has 0 fully saturated rings. The number of ether oxygens (including phenoxy) is 3. The summed E-state index contributed by atoms with van der Waals surface area (Å²) in [5.74, 6) is -0.160. The summed E-state index contributed by atoms with van der Waals surface area (Å²) < 4.78 is 38.8. The summed E-state index contributed by atoms with van der Waals surface area (Å²) >= 11 is 0. The number of hydrogen-bond acceptors (Lipinski definition) is 5. The van der Waals surface area contributed by atoms with Crippen LogP contribution in [-0.2, 0) is 16.0 Å². The Morgan fingerprint density at radius 3 is 2.57 bits per heavy atom. The number of carbonyl (C=O) groups is 1. The van der Waals surface area contributed by atoms with Crippen molar-refractivity contribution in [2.45, 2.75) is 19.1 Å². The topological polar surface area (TPSA) is 82.8 Å². The minimum atomic E-state index is -2.93. The lowest BCUT2D eigenvalue weighted by Crippen LogP contribution is -2.44. The largest absolute Gasteiger partial charge is 0.493 e. The third kappa shape index (κ3) is 7.45. The molecule has 1 aromatic rings. The van der Waals surface area contributed by atoms with E-state index in [2.05, 4.69) is 10.1 Å². The smallest absolute Gasteiger partial charge is 0.387 e. The fraction of sp³-hybridized carbons (Fsp3) is 0.500. The lowest BCUT2D eigenvalue weighted by atomic mass is 10.1. The molecule has 0 aliphatic heterocycles. The first-order valence-electron chi connectivity index (χ1n) is 6.62. The summed E-state index contributed by atoms with van der Waals surface area (Å²) in [6.07, 6.45) is 0.440. The standard InChI is InChI=1S/C14H20F2N2O4.ClH/c1-20-8-10(17)13(19)18-6-5-9-3-4-11(21-2)12(7-9)22-14(15)16;/h3-4,7,10,14H,5-6,8,17H2,1-2H3,(H,18,19);1H. The number of benzene rings is 1. The Hall–Kier alpha value is -1.64. The molecule has 6 nitrogen and oxygen atoms in total. The molecular formula is C14H21ClF2N2O4. The van der Waals surface area contributed by atoms with Gasteiger partial charge in [0.1, 0.15) is 6.04 Å². The van der Waals surface area contributed by atoms with Gasteiger partial charge in [-0.15, -0.1) is 12.4 Å². The van der Waals surface area contributed by atoms with Crippen molar-refractivity contribution in [1.29, 1.82) is 0 Å². The van der Waals surface area contributed by atoms with Gasteiger partial charge in [0.15, 0.2) is 11.5 Å². The van der Waals surface area contributed by atoms with Gasteiger partial charge in [0.25, 0.3) is 0 Å². The second kappa shape index (κ2) is 11.0. The van der Waals surface area contributed by atoms with E-state index in [1.807, 2.05) is 0 Å². The Kier molecular flexibility index (Phi) is 10.2. The average Bonchev–Trinajstić information content (AvgIpc) is 2.47. The van der Waals surface area contributed by atoms with Crippen LogP contribution in [0.2, 0.25) is 0 Å². The van der Waals surface area contributed by atoms with Gasteiger partial charge in [0.2, 0.25) is 5.91 Å².